The molecule has 1 saturated heterocycles. The molecule has 0 amide bonds. The van der Waals surface area contributed by atoms with Gasteiger partial charge in [-0.2, -0.15) is 4.31 Å². The van der Waals surface area contributed by atoms with Crippen LogP contribution in [0.25, 0.3) is 12.2 Å². The summed E-state index contributed by atoms with van der Waals surface area (Å²) in [5.74, 6) is 0.0905. The van der Waals surface area contributed by atoms with Crippen LogP contribution in [0.5, 0.6) is 0 Å². The summed E-state index contributed by atoms with van der Waals surface area (Å²) >= 11 is 5.98. The van der Waals surface area contributed by atoms with Gasteiger partial charge in [0, 0.05) is 42.3 Å². The highest BCUT2D eigenvalue weighted by molar-refractivity contribution is 7.89. The van der Waals surface area contributed by atoms with Crippen LogP contribution in [0.4, 0.5) is 0 Å². The number of rotatable bonds is 4. The van der Waals surface area contributed by atoms with Crippen molar-refractivity contribution >= 4 is 33.8 Å². The normalized spacial score (nSPS) is 20.9. The van der Waals surface area contributed by atoms with Crippen LogP contribution >= 0.6 is 11.6 Å². The van der Waals surface area contributed by atoms with Gasteiger partial charge >= 0.3 is 0 Å². The molecule has 1 fully saturated rings. The van der Waals surface area contributed by atoms with Crippen molar-refractivity contribution in [2.45, 2.75) is 23.8 Å². The van der Waals surface area contributed by atoms with E-state index in [4.69, 9.17) is 11.6 Å². The average Bonchev–Trinajstić information content (AvgIpc) is 2.80. The first-order valence-corrected chi connectivity index (χ1v) is 12.5. The third-order valence-corrected chi connectivity index (χ3v) is 8.39. The van der Waals surface area contributed by atoms with Crippen molar-refractivity contribution in [1.29, 1.82) is 0 Å². The van der Waals surface area contributed by atoms with Crippen LogP contribution in [-0.4, -0.2) is 30.4 Å². The van der Waals surface area contributed by atoms with Gasteiger partial charge < -0.3 is 4.57 Å². The standard InChI is InChI=1S/C25H23ClN2O3S/c26-22-11-7-18(8-12-22)6-9-20-10-13-24(29)28-16-19-14-21(25(20)28)17-27(15-19)32(30,31)23-4-2-1-3-5-23/h1-13,19,21H,14-17H2. The van der Waals surface area contributed by atoms with Crippen LogP contribution in [0.1, 0.15) is 29.2 Å². The van der Waals surface area contributed by atoms with E-state index in [0.717, 1.165) is 23.2 Å². The maximum atomic E-state index is 13.3. The van der Waals surface area contributed by atoms with Crippen LogP contribution < -0.4 is 5.56 Å². The maximum Gasteiger partial charge on any atom is 0.250 e. The molecule has 0 aliphatic carbocycles. The summed E-state index contributed by atoms with van der Waals surface area (Å²) in [6.45, 7) is 1.34. The van der Waals surface area contributed by atoms with Crippen molar-refractivity contribution in [2.75, 3.05) is 13.1 Å². The minimum absolute atomic E-state index is 0.0280. The summed E-state index contributed by atoms with van der Waals surface area (Å²) in [5.41, 5.74) is 2.84. The summed E-state index contributed by atoms with van der Waals surface area (Å²) < 4.78 is 29.9. The van der Waals surface area contributed by atoms with Gasteiger partial charge in [0.2, 0.25) is 10.0 Å². The molecule has 32 heavy (non-hydrogen) atoms. The predicted octanol–water partition coefficient (Wildman–Crippen LogP) is 4.48. The van der Waals surface area contributed by atoms with Crippen molar-refractivity contribution in [3.63, 3.8) is 0 Å². The Morgan fingerprint density at radius 2 is 1.62 bits per heavy atom. The first-order valence-electron chi connectivity index (χ1n) is 10.6. The monoisotopic (exact) mass is 466 g/mol. The molecule has 2 aliphatic heterocycles. The Balaban J connectivity index is 1.50. The summed E-state index contributed by atoms with van der Waals surface area (Å²) in [6, 6.07) is 19.6. The zero-order chi connectivity index (χ0) is 22.3. The lowest BCUT2D eigenvalue weighted by Crippen LogP contribution is -2.49. The lowest BCUT2D eigenvalue weighted by atomic mass is 9.82. The van der Waals surface area contributed by atoms with Crippen molar-refractivity contribution < 1.29 is 8.42 Å². The topological polar surface area (TPSA) is 59.4 Å². The maximum absolute atomic E-state index is 13.3. The van der Waals surface area contributed by atoms with Crippen molar-refractivity contribution in [3.8, 4) is 0 Å². The fraction of sp³-hybridized carbons (Fsp3) is 0.240. The van der Waals surface area contributed by atoms with Crippen molar-refractivity contribution in [2.24, 2.45) is 5.92 Å². The van der Waals surface area contributed by atoms with Gasteiger partial charge in [-0.05, 0) is 53.8 Å². The van der Waals surface area contributed by atoms with Gasteiger partial charge in [-0.1, -0.05) is 54.1 Å². The number of hydrogen-bond acceptors (Lipinski definition) is 3. The highest BCUT2D eigenvalue weighted by Crippen LogP contribution is 2.39. The zero-order valence-corrected chi connectivity index (χ0v) is 19.0. The van der Waals surface area contributed by atoms with Crippen LogP contribution in [-0.2, 0) is 16.6 Å². The van der Waals surface area contributed by atoms with Crippen LogP contribution in [0.2, 0.25) is 5.02 Å². The van der Waals surface area contributed by atoms with Gasteiger partial charge in [0.25, 0.3) is 5.56 Å². The molecule has 5 nitrogen and oxygen atoms in total. The molecule has 0 saturated carbocycles. The molecular formula is C25H23ClN2O3S. The number of piperidine rings is 1. The molecule has 3 heterocycles. The molecule has 2 bridgehead atoms. The number of hydrogen-bond donors (Lipinski definition) is 0. The summed E-state index contributed by atoms with van der Waals surface area (Å²) in [4.78, 5) is 13.0. The van der Waals surface area contributed by atoms with Crippen LogP contribution in [0, 0.1) is 5.92 Å². The first-order chi connectivity index (χ1) is 15.4. The molecule has 3 aromatic rings. The Bertz CT molecular complexity index is 1330. The molecule has 1 aromatic heterocycles. The Hall–Kier alpha value is -2.67. The van der Waals surface area contributed by atoms with Gasteiger partial charge in [0.05, 0.1) is 4.90 Å². The van der Waals surface area contributed by atoms with Gasteiger partial charge in [-0.25, -0.2) is 8.42 Å². The second kappa shape index (κ2) is 8.35. The van der Waals surface area contributed by atoms with Gasteiger partial charge in [0.1, 0.15) is 0 Å². The highest BCUT2D eigenvalue weighted by Gasteiger charge is 2.40. The Morgan fingerprint density at radius 1 is 0.875 bits per heavy atom. The number of aromatic nitrogens is 1. The third kappa shape index (κ3) is 3.94. The number of halogens is 1. The predicted molar refractivity (Wildman–Crippen MR) is 127 cm³/mol. The number of benzene rings is 2. The highest BCUT2D eigenvalue weighted by atomic mass is 35.5. The van der Waals surface area contributed by atoms with E-state index in [1.807, 2.05) is 53.1 Å². The SMILES string of the molecule is O=c1ccc(C=Cc2ccc(Cl)cc2)c2n1CC1CC2CN(S(=O)(=O)c2ccccc2)C1. The van der Waals surface area contributed by atoms with E-state index in [2.05, 4.69) is 0 Å². The zero-order valence-electron chi connectivity index (χ0n) is 17.4. The molecule has 0 N–H and O–H groups in total. The minimum atomic E-state index is -3.57. The second-order valence-corrected chi connectivity index (χ2v) is 10.8. The van der Waals surface area contributed by atoms with E-state index in [1.54, 1.807) is 34.6 Å². The fourth-order valence-electron chi connectivity index (χ4n) is 4.84. The molecule has 7 heteroatoms. The number of pyridine rings is 1. The van der Waals surface area contributed by atoms with Crippen LogP contribution in [0.15, 0.2) is 76.4 Å². The molecule has 2 unspecified atom stereocenters. The summed E-state index contributed by atoms with van der Waals surface area (Å²) in [6.07, 6.45) is 4.87. The van der Waals surface area contributed by atoms with Gasteiger partial charge in [-0.15, -0.1) is 0 Å². The molecule has 2 atom stereocenters. The largest absolute Gasteiger partial charge is 0.311 e. The van der Waals surface area contributed by atoms with Gasteiger partial charge in [0.15, 0.2) is 0 Å². The molecule has 5 rings (SSSR count). The Morgan fingerprint density at radius 3 is 2.38 bits per heavy atom. The smallest absolute Gasteiger partial charge is 0.250 e. The van der Waals surface area contributed by atoms with Crippen molar-refractivity contribution in [1.82, 2.24) is 8.87 Å². The Labute approximate surface area is 192 Å². The summed E-state index contributed by atoms with van der Waals surface area (Å²) in [7, 11) is -3.57. The molecule has 2 aliphatic rings. The number of nitrogens with zero attached hydrogens (tertiary/aromatic N) is 2. The van der Waals surface area contributed by atoms with Crippen molar-refractivity contribution in [3.05, 3.63) is 98.9 Å². The lowest BCUT2D eigenvalue weighted by molar-refractivity contribution is 0.186. The lowest BCUT2D eigenvalue weighted by Gasteiger charge is -2.42. The van der Waals surface area contributed by atoms with E-state index in [9.17, 15) is 13.2 Å². The fourth-order valence-corrected chi connectivity index (χ4v) is 6.55. The molecular weight excluding hydrogens is 444 g/mol. The van der Waals surface area contributed by atoms with Crippen LogP contribution in [0.3, 0.4) is 0 Å². The molecule has 2 aromatic carbocycles. The third-order valence-electron chi connectivity index (χ3n) is 6.30. The first kappa shape index (κ1) is 21.2. The van der Waals surface area contributed by atoms with E-state index >= 15 is 0 Å². The average molecular weight is 467 g/mol. The minimum Gasteiger partial charge on any atom is -0.311 e. The van der Waals surface area contributed by atoms with E-state index < -0.39 is 10.0 Å². The molecule has 0 spiro atoms. The molecule has 0 radical (unpaired) electrons. The number of fused-ring (bicyclic) bond motifs is 4. The number of sulfonamides is 1. The second-order valence-electron chi connectivity index (χ2n) is 8.44. The van der Waals surface area contributed by atoms with E-state index in [1.165, 1.54) is 0 Å². The Kier molecular flexibility index (Phi) is 5.53. The summed E-state index contributed by atoms with van der Waals surface area (Å²) in [5, 5.41) is 0.679. The quantitative estimate of drug-likeness (QED) is 0.569. The van der Waals surface area contributed by atoms with E-state index in [0.29, 0.717) is 29.6 Å². The van der Waals surface area contributed by atoms with Gasteiger partial charge in [-0.3, -0.25) is 4.79 Å². The molecule has 164 valence electrons. The van der Waals surface area contributed by atoms with E-state index in [-0.39, 0.29) is 17.4 Å².